The van der Waals surface area contributed by atoms with Crippen LogP contribution in [0, 0.1) is 6.92 Å². The molecule has 1 amide bonds. The topological polar surface area (TPSA) is 55.6 Å². The molecule has 1 aromatic heterocycles. The van der Waals surface area contributed by atoms with Gasteiger partial charge in [0.05, 0.1) is 0 Å². The molecular weight excluding hydrogens is 352 g/mol. The van der Waals surface area contributed by atoms with Gasteiger partial charge in [-0.3, -0.25) is 4.79 Å². The number of piperidine rings is 1. The number of likely N-dealkylation sites (tertiary alicyclic amines) is 1. The molecule has 4 rings (SSSR count). The number of halogens is 1. The Morgan fingerprint density at radius 2 is 1.92 bits per heavy atom. The van der Waals surface area contributed by atoms with E-state index in [0.29, 0.717) is 35.1 Å². The monoisotopic (exact) mass is 370 g/mol. The third-order valence-corrected chi connectivity index (χ3v) is 4.84. The number of ether oxygens (including phenoxy) is 1. The van der Waals surface area contributed by atoms with Crippen LogP contribution in [-0.2, 0) is 0 Å². The van der Waals surface area contributed by atoms with E-state index in [1.807, 2.05) is 41.3 Å². The molecule has 1 fully saturated rings. The number of carbonyl (C=O) groups is 1. The summed E-state index contributed by atoms with van der Waals surface area (Å²) in [6, 6.07) is 12.8. The van der Waals surface area contributed by atoms with E-state index in [2.05, 4.69) is 4.98 Å². The van der Waals surface area contributed by atoms with Crippen molar-refractivity contribution < 1.29 is 13.9 Å². The zero-order valence-electron chi connectivity index (χ0n) is 14.4. The zero-order valence-corrected chi connectivity index (χ0v) is 15.2. The lowest BCUT2D eigenvalue weighted by Crippen LogP contribution is -2.41. The molecule has 0 bridgehead atoms. The third-order valence-electron chi connectivity index (χ3n) is 4.59. The minimum Gasteiger partial charge on any atom is -0.490 e. The SMILES string of the molecule is Cc1nc2ccc(C(=O)N3CCC(Oc4ccc(Cl)cc4)CC3)cc2o1. The van der Waals surface area contributed by atoms with E-state index in [1.165, 1.54) is 0 Å². The van der Waals surface area contributed by atoms with Gasteiger partial charge < -0.3 is 14.1 Å². The molecule has 6 heteroatoms. The normalized spacial score (nSPS) is 15.4. The van der Waals surface area contributed by atoms with Gasteiger partial charge in [0.15, 0.2) is 11.5 Å². The molecule has 0 unspecified atom stereocenters. The van der Waals surface area contributed by atoms with Crippen molar-refractivity contribution in [2.45, 2.75) is 25.9 Å². The fourth-order valence-electron chi connectivity index (χ4n) is 3.24. The predicted molar refractivity (Wildman–Crippen MR) is 99.8 cm³/mol. The Morgan fingerprint density at radius 3 is 2.65 bits per heavy atom. The van der Waals surface area contributed by atoms with Gasteiger partial charge in [-0.15, -0.1) is 0 Å². The van der Waals surface area contributed by atoms with Crippen LogP contribution in [0.5, 0.6) is 5.75 Å². The standard InChI is InChI=1S/C20H19ClN2O3/c1-13-22-18-7-2-14(12-19(18)25-13)20(24)23-10-8-17(9-11-23)26-16-5-3-15(21)4-6-16/h2-7,12,17H,8-11H2,1H3. The van der Waals surface area contributed by atoms with Crippen LogP contribution in [0.4, 0.5) is 0 Å². The number of nitrogens with zero attached hydrogens (tertiary/aromatic N) is 2. The van der Waals surface area contributed by atoms with Crippen LogP contribution in [-0.4, -0.2) is 35.0 Å². The summed E-state index contributed by atoms with van der Waals surface area (Å²) in [6.45, 7) is 3.14. The van der Waals surface area contributed by atoms with Crippen molar-refractivity contribution in [3.8, 4) is 5.75 Å². The maximum Gasteiger partial charge on any atom is 0.253 e. The van der Waals surface area contributed by atoms with Crippen molar-refractivity contribution in [3.05, 3.63) is 58.9 Å². The Balaban J connectivity index is 1.38. The summed E-state index contributed by atoms with van der Waals surface area (Å²) < 4.78 is 11.5. The Morgan fingerprint density at radius 1 is 1.19 bits per heavy atom. The number of benzene rings is 2. The molecule has 2 heterocycles. The lowest BCUT2D eigenvalue weighted by molar-refractivity contribution is 0.0595. The van der Waals surface area contributed by atoms with E-state index in [9.17, 15) is 4.79 Å². The highest BCUT2D eigenvalue weighted by Crippen LogP contribution is 2.23. The summed E-state index contributed by atoms with van der Waals surface area (Å²) in [5.74, 6) is 1.43. The van der Waals surface area contributed by atoms with E-state index < -0.39 is 0 Å². The number of oxazole rings is 1. The lowest BCUT2D eigenvalue weighted by Gasteiger charge is -2.32. The number of rotatable bonds is 3. The van der Waals surface area contributed by atoms with Crippen molar-refractivity contribution in [1.29, 1.82) is 0 Å². The van der Waals surface area contributed by atoms with Crippen LogP contribution < -0.4 is 4.74 Å². The van der Waals surface area contributed by atoms with Crippen molar-refractivity contribution in [2.24, 2.45) is 0 Å². The number of fused-ring (bicyclic) bond motifs is 1. The predicted octanol–water partition coefficient (Wildman–Crippen LogP) is 4.47. The van der Waals surface area contributed by atoms with Gasteiger partial charge in [0, 0.05) is 43.4 Å². The van der Waals surface area contributed by atoms with Crippen molar-refractivity contribution in [3.63, 3.8) is 0 Å². The number of aryl methyl sites for hydroxylation is 1. The first-order valence-corrected chi connectivity index (χ1v) is 9.05. The van der Waals surface area contributed by atoms with Gasteiger partial charge >= 0.3 is 0 Å². The highest BCUT2D eigenvalue weighted by Gasteiger charge is 2.25. The molecule has 3 aromatic rings. The molecule has 1 saturated heterocycles. The fourth-order valence-corrected chi connectivity index (χ4v) is 3.36. The first-order valence-electron chi connectivity index (χ1n) is 8.67. The fraction of sp³-hybridized carbons (Fsp3) is 0.300. The van der Waals surface area contributed by atoms with Crippen LogP contribution >= 0.6 is 11.6 Å². The molecule has 1 aliphatic rings. The average Bonchev–Trinajstić information content (AvgIpc) is 3.03. The van der Waals surface area contributed by atoms with Gasteiger partial charge in [-0.05, 0) is 42.5 Å². The van der Waals surface area contributed by atoms with E-state index in [-0.39, 0.29) is 12.0 Å². The molecule has 0 aliphatic carbocycles. The minimum atomic E-state index is 0.0193. The first-order chi connectivity index (χ1) is 12.6. The number of carbonyl (C=O) groups excluding carboxylic acids is 1. The van der Waals surface area contributed by atoms with Crippen LogP contribution in [0.2, 0.25) is 5.02 Å². The van der Waals surface area contributed by atoms with Gasteiger partial charge in [0.1, 0.15) is 17.4 Å². The van der Waals surface area contributed by atoms with E-state index >= 15 is 0 Å². The summed E-state index contributed by atoms with van der Waals surface area (Å²) in [6.07, 6.45) is 1.72. The Labute approximate surface area is 156 Å². The summed E-state index contributed by atoms with van der Waals surface area (Å²) in [5.41, 5.74) is 2.05. The van der Waals surface area contributed by atoms with Crippen LogP contribution in [0.15, 0.2) is 46.9 Å². The number of hydrogen-bond acceptors (Lipinski definition) is 4. The molecule has 0 spiro atoms. The number of aromatic nitrogens is 1. The summed E-state index contributed by atoms with van der Waals surface area (Å²) in [4.78, 5) is 18.9. The van der Waals surface area contributed by atoms with Gasteiger partial charge in [-0.1, -0.05) is 11.6 Å². The molecule has 2 aromatic carbocycles. The Bertz CT molecular complexity index is 928. The Hall–Kier alpha value is -2.53. The zero-order chi connectivity index (χ0) is 18.1. The van der Waals surface area contributed by atoms with E-state index in [4.69, 9.17) is 20.8 Å². The van der Waals surface area contributed by atoms with Crippen LogP contribution in [0.1, 0.15) is 29.1 Å². The second kappa shape index (κ2) is 7.00. The van der Waals surface area contributed by atoms with Gasteiger partial charge in [-0.25, -0.2) is 4.98 Å². The molecule has 0 atom stereocenters. The molecular formula is C20H19ClN2O3. The Kier molecular flexibility index (Phi) is 4.55. The van der Waals surface area contributed by atoms with Gasteiger partial charge in [0.25, 0.3) is 5.91 Å². The number of amides is 1. The lowest BCUT2D eigenvalue weighted by atomic mass is 10.1. The largest absolute Gasteiger partial charge is 0.490 e. The highest BCUT2D eigenvalue weighted by atomic mass is 35.5. The summed E-state index contributed by atoms with van der Waals surface area (Å²) >= 11 is 5.89. The quantitative estimate of drug-likeness (QED) is 0.682. The van der Waals surface area contributed by atoms with Gasteiger partial charge in [0.2, 0.25) is 0 Å². The molecule has 134 valence electrons. The van der Waals surface area contributed by atoms with Crippen molar-refractivity contribution >= 4 is 28.6 Å². The van der Waals surface area contributed by atoms with Crippen LogP contribution in [0.25, 0.3) is 11.1 Å². The molecule has 26 heavy (non-hydrogen) atoms. The smallest absolute Gasteiger partial charge is 0.253 e. The molecule has 1 aliphatic heterocycles. The summed E-state index contributed by atoms with van der Waals surface area (Å²) in [5, 5.41) is 0.691. The molecule has 0 radical (unpaired) electrons. The van der Waals surface area contributed by atoms with E-state index in [1.54, 1.807) is 13.0 Å². The second-order valence-electron chi connectivity index (χ2n) is 6.48. The summed E-state index contributed by atoms with van der Waals surface area (Å²) in [7, 11) is 0. The minimum absolute atomic E-state index is 0.0193. The highest BCUT2D eigenvalue weighted by molar-refractivity contribution is 6.30. The maximum absolute atomic E-state index is 12.8. The van der Waals surface area contributed by atoms with Gasteiger partial charge in [-0.2, -0.15) is 0 Å². The van der Waals surface area contributed by atoms with Crippen molar-refractivity contribution in [2.75, 3.05) is 13.1 Å². The molecule has 0 N–H and O–H groups in total. The number of hydrogen-bond donors (Lipinski definition) is 0. The average molecular weight is 371 g/mol. The van der Waals surface area contributed by atoms with Crippen LogP contribution in [0.3, 0.4) is 0 Å². The second-order valence-corrected chi connectivity index (χ2v) is 6.92. The molecule has 5 nitrogen and oxygen atoms in total. The third kappa shape index (κ3) is 3.53. The molecule has 0 saturated carbocycles. The maximum atomic E-state index is 12.8. The first kappa shape index (κ1) is 16.9. The van der Waals surface area contributed by atoms with Crippen molar-refractivity contribution in [1.82, 2.24) is 9.88 Å². The van der Waals surface area contributed by atoms with E-state index in [0.717, 1.165) is 24.1 Å².